The number of hydrogen-bond acceptors (Lipinski definition) is 3. The predicted molar refractivity (Wildman–Crippen MR) is 84.8 cm³/mol. The number of carbonyl (C=O) groups is 2. The molecule has 1 amide bonds. The smallest absolute Gasteiger partial charge is 0.311 e. The Bertz CT molecular complexity index is 615. The number of ether oxygens (including phenoxy) is 1. The Morgan fingerprint density at radius 3 is 2.87 bits per heavy atom. The van der Waals surface area contributed by atoms with Crippen LogP contribution in [0, 0.1) is 11.3 Å². The van der Waals surface area contributed by atoms with Gasteiger partial charge in [-0.05, 0) is 29.9 Å². The monoisotopic (exact) mass is 317 g/mol. The lowest BCUT2D eigenvalue weighted by Crippen LogP contribution is -2.37. The van der Waals surface area contributed by atoms with Crippen molar-refractivity contribution in [1.29, 1.82) is 0 Å². The first kappa shape index (κ1) is 16.0. The molecule has 0 unspecified atom stereocenters. The van der Waals surface area contributed by atoms with E-state index >= 15 is 0 Å². The Kier molecular flexibility index (Phi) is 4.39. The fourth-order valence-electron chi connectivity index (χ4n) is 4.11. The summed E-state index contributed by atoms with van der Waals surface area (Å²) in [7, 11) is 1.65. The predicted octanol–water partition coefficient (Wildman–Crippen LogP) is 2.09. The lowest BCUT2D eigenvalue weighted by molar-refractivity contribution is -0.149. The third-order valence-corrected chi connectivity index (χ3v) is 5.31. The highest BCUT2D eigenvalue weighted by Crippen LogP contribution is 2.48. The molecular formula is C18H23NO4. The molecule has 0 spiro atoms. The molecule has 0 aromatic heterocycles. The van der Waals surface area contributed by atoms with Gasteiger partial charge in [0.2, 0.25) is 5.91 Å². The molecule has 3 rings (SSSR count). The summed E-state index contributed by atoms with van der Waals surface area (Å²) in [6.07, 6.45) is 2.89. The van der Waals surface area contributed by atoms with Crippen LogP contribution in [0.3, 0.4) is 0 Å². The molecule has 1 saturated heterocycles. The van der Waals surface area contributed by atoms with Crippen molar-refractivity contribution in [2.24, 2.45) is 11.3 Å². The van der Waals surface area contributed by atoms with E-state index in [4.69, 9.17) is 4.74 Å². The van der Waals surface area contributed by atoms with Crippen LogP contribution in [0.5, 0.6) is 0 Å². The van der Waals surface area contributed by atoms with Gasteiger partial charge in [-0.3, -0.25) is 9.59 Å². The summed E-state index contributed by atoms with van der Waals surface area (Å²) in [5.41, 5.74) is 1.29. The van der Waals surface area contributed by atoms with Gasteiger partial charge in [0.05, 0.1) is 18.4 Å². The number of rotatable bonds is 5. The minimum Gasteiger partial charge on any atom is -0.481 e. The first-order chi connectivity index (χ1) is 11.0. The zero-order valence-electron chi connectivity index (χ0n) is 13.5. The molecule has 1 aromatic rings. The quantitative estimate of drug-likeness (QED) is 0.903. The van der Waals surface area contributed by atoms with Gasteiger partial charge in [0.25, 0.3) is 0 Å². The van der Waals surface area contributed by atoms with Crippen molar-refractivity contribution >= 4 is 11.9 Å². The first-order valence-electron chi connectivity index (χ1n) is 8.13. The van der Waals surface area contributed by atoms with Crippen molar-refractivity contribution in [2.75, 3.05) is 20.2 Å². The highest BCUT2D eigenvalue weighted by atomic mass is 16.5. The molecule has 5 nitrogen and oxygen atoms in total. The topological polar surface area (TPSA) is 66.8 Å². The van der Waals surface area contributed by atoms with E-state index in [1.54, 1.807) is 12.0 Å². The first-order valence-corrected chi connectivity index (χ1v) is 8.13. The largest absolute Gasteiger partial charge is 0.481 e. The Balaban J connectivity index is 1.68. The van der Waals surface area contributed by atoms with Gasteiger partial charge in [-0.1, -0.05) is 30.7 Å². The Morgan fingerprint density at radius 2 is 2.17 bits per heavy atom. The average Bonchev–Trinajstić information content (AvgIpc) is 3.05. The second kappa shape index (κ2) is 6.32. The minimum atomic E-state index is -0.739. The fourth-order valence-corrected chi connectivity index (χ4v) is 4.11. The molecule has 124 valence electrons. The average molecular weight is 317 g/mol. The van der Waals surface area contributed by atoms with Crippen LogP contribution in [0.25, 0.3) is 0 Å². The minimum absolute atomic E-state index is 0.0228. The maximum atomic E-state index is 12.6. The normalized spacial score (nSPS) is 26.3. The van der Waals surface area contributed by atoms with Gasteiger partial charge >= 0.3 is 5.97 Å². The van der Waals surface area contributed by atoms with Gasteiger partial charge < -0.3 is 14.7 Å². The van der Waals surface area contributed by atoms with E-state index in [9.17, 15) is 14.7 Å². The van der Waals surface area contributed by atoms with E-state index in [-0.39, 0.29) is 11.8 Å². The van der Waals surface area contributed by atoms with Crippen LogP contribution in [0.15, 0.2) is 24.3 Å². The number of hydrogen-bond donors (Lipinski definition) is 1. The number of carbonyl (C=O) groups excluding carboxylic acids is 1. The zero-order chi connectivity index (χ0) is 16.4. The molecule has 1 heterocycles. The number of methoxy groups -OCH3 is 1. The molecular weight excluding hydrogens is 294 g/mol. The molecule has 1 N–H and O–H groups in total. The summed E-state index contributed by atoms with van der Waals surface area (Å²) < 4.78 is 5.12. The van der Waals surface area contributed by atoms with Crippen LogP contribution in [0.2, 0.25) is 0 Å². The van der Waals surface area contributed by atoms with Crippen LogP contribution < -0.4 is 0 Å². The van der Waals surface area contributed by atoms with Crippen LogP contribution in [-0.4, -0.2) is 42.1 Å². The Morgan fingerprint density at radius 1 is 1.39 bits per heavy atom. The molecule has 1 aliphatic carbocycles. The van der Waals surface area contributed by atoms with Crippen molar-refractivity contribution < 1.29 is 19.4 Å². The fraction of sp³-hybridized carbons (Fsp3) is 0.556. The number of benzene rings is 1. The molecule has 2 atom stereocenters. The molecule has 5 heteroatoms. The Hall–Kier alpha value is -1.88. The van der Waals surface area contributed by atoms with E-state index in [1.165, 1.54) is 0 Å². The summed E-state index contributed by atoms with van der Waals surface area (Å²) in [5, 5.41) is 9.61. The van der Waals surface area contributed by atoms with Gasteiger partial charge in [-0.15, -0.1) is 0 Å². The van der Waals surface area contributed by atoms with Crippen LogP contribution in [0.1, 0.15) is 30.4 Å². The number of carboxylic acid groups (broad SMARTS) is 1. The molecule has 1 saturated carbocycles. The zero-order valence-corrected chi connectivity index (χ0v) is 13.5. The number of carboxylic acids is 1. The van der Waals surface area contributed by atoms with Gasteiger partial charge in [0.15, 0.2) is 0 Å². The van der Waals surface area contributed by atoms with E-state index in [0.717, 1.165) is 24.0 Å². The van der Waals surface area contributed by atoms with Crippen LogP contribution in [-0.2, 0) is 27.4 Å². The highest BCUT2D eigenvalue weighted by molar-refractivity contribution is 5.82. The van der Waals surface area contributed by atoms with Crippen LogP contribution in [0.4, 0.5) is 0 Å². The van der Waals surface area contributed by atoms with Gasteiger partial charge in [-0.2, -0.15) is 0 Å². The molecule has 2 fully saturated rings. The van der Waals surface area contributed by atoms with Crippen LogP contribution >= 0.6 is 0 Å². The van der Waals surface area contributed by atoms with E-state index < -0.39 is 11.4 Å². The molecule has 0 bridgehead atoms. The van der Waals surface area contributed by atoms with E-state index in [0.29, 0.717) is 32.5 Å². The van der Waals surface area contributed by atoms with Crippen molar-refractivity contribution in [3.05, 3.63) is 35.4 Å². The SMILES string of the molecule is COCc1cccc(CC(=O)N2C[C@@H]3CCC[C@@]3(C(=O)O)C2)c1. The van der Waals surface area contributed by atoms with Crippen molar-refractivity contribution in [3.63, 3.8) is 0 Å². The van der Waals surface area contributed by atoms with Crippen molar-refractivity contribution in [2.45, 2.75) is 32.3 Å². The summed E-state index contributed by atoms with van der Waals surface area (Å²) >= 11 is 0. The van der Waals surface area contributed by atoms with Gasteiger partial charge in [-0.25, -0.2) is 0 Å². The molecule has 0 radical (unpaired) electrons. The van der Waals surface area contributed by atoms with Gasteiger partial charge in [0.1, 0.15) is 0 Å². The molecule has 1 aromatic carbocycles. The highest BCUT2D eigenvalue weighted by Gasteiger charge is 2.55. The second-order valence-electron chi connectivity index (χ2n) is 6.75. The number of aliphatic carboxylic acids is 1. The summed E-state index contributed by atoms with van der Waals surface area (Å²) in [4.78, 5) is 26.0. The van der Waals surface area contributed by atoms with Crippen molar-refractivity contribution in [1.82, 2.24) is 4.90 Å². The number of nitrogens with zero attached hydrogens (tertiary/aromatic N) is 1. The Labute approximate surface area is 136 Å². The van der Waals surface area contributed by atoms with Crippen molar-refractivity contribution in [3.8, 4) is 0 Å². The summed E-state index contributed by atoms with van der Waals surface area (Å²) in [6.45, 7) is 1.47. The lowest BCUT2D eigenvalue weighted by Gasteiger charge is -2.23. The third-order valence-electron chi connectivity index (χ3n) is 5.31. The molecule has 2 aliphatic rings. The second-order valence-corrected chi connectivity index (χ2v) is 6.75. The summed E-state index contributed by atoms with van der Waals surface area (Å²) in [5.74, 6) is -0.601. The van der Waals surface area contributed by atoms with E-state index in [2.05, 4.69) is 0 Å². The standard InChI is InChI=1S/C18H23NO4/c1-23-11-14-5-2-4-13(8-14)9-16(20)19-10-15-6-3-7-18(15,12-19)17(21)22/h2,4-5,8,15H,3,6-7,9-12H2,1H3,(H,21,22)/t15-,18+/m0/s1. The van der Waals surface area contributed by atoms with Gasteiger partial charge in [0, 0.05) is 20.2 Å². The maximum Gasteiger partial charge on any atom is 0.311 e. The van der Waals surface area contributed by atoms with E-state index in [1.807, 2.05) is 24.3 Å². The molecule has 23 heavy (non-hydrogen) atoms. The number of amides is 1. The molecule has 1 aliphatic heterocycles. The number of fused-ring (bicyclic) bond motifs is 1. The lowest BCUT2D eigenvalue weighted by atomic mass is 9.81. The number of likely N-dealkylation sites (tertiary alicyclic amines) is 1. The third kappa shape index (κ3) is 2.98. The summed E-state index contributed by atoms with van der Waals surface area (Å²) in [6, 6.07) is 7.80. The maximum absolute atomic E-state index is 12.6.